The van der Waals surface area contributed by atoms with E-state index in [4.69, 9.17) is 0 Å². The number of aryl methyl sites for hydroxylation is 2. The predicted octanol–water partition coefficient (Wildman–Crippen LogP) is 2.61. The number of amides is 1. The van der Waals surface area contributed by atoms with Crippen LogP contribution in [0.4, 0.5) is 0 Å². The summed E-state index contributed by atoms with van der Waals surface area (Å²) in [6.07, 6.45) is 3.73. The first-order valence-electron chi connectivity index (χ1n) is 6.51. The van der Waals surface area contributed by atoms with E-state index in [0.717, 1.165) is 22.5 Å². The molecule has 0 atom stereocenters. The van der Waals surface area contributed by atoms with Crippen molar-refractivity contribution in [1.82, 2.24) is 14.7 Å². The minimum Gasteiger partial charge on any atom is -0.351 e. The second-order valence-corrected chi connectivity index (χ2v) is 6.00. The number of aromatic nitrogens is 2. The molecule has 0 saturated carbocycles. The van der Waals surface area contributed by atoms with Crippen LogP contribution in [0.1, 0.15) is 37.6 Å². The lowest BCUT2D eigenvalue weighted by molar-refractivity contribution is -0.128. The first-order chi connectivity index (χ1) is 8.80. The molecule has 2 aromatic heterocycles. The summed E-state index contributed by atoms with van der Waals surface area (Å²) in [6, 6.07) is 2.12. The highest BCUT2D eigenvalue weighted by Crippen LogP contribution is 2.18. The third-order valence-corrected chi connectivity index (χ3v) is 3.30. The van der Waals surface area contributed by atoms with Crippen molar-refractivity contribution in [1.29, 1.82) is 0 Å². The number of hydrogen-bond acceptors (Lipinski definition) is 2. The van der Waals surface area contributed by atoms with Gasteiger partial charge in [-0.3, -0.25) is 4.79 Å². The van der Waals surface area contributed by atoms with Gasteiger partial charge in [-0.25, -0.2) is 4.98 Å². The van der Waals surface area contributed by atoms with Crippen LogP contribution in [0.3, 0.4) is 0 Å². The maximum atomic E-state index is 12.0. The van der Waals surface area contributed by atoms with Crippen molar-refractivity contribution in [2.45, 2.75) is 41.2 Å². The Bertz CT molecular complexity index is 620. The van der Waals surface area contributed by atoms with E-state index in [1.54, 1.807) is 6.20 Å². The number of carbonyl (C=O) groups is 1. The highest BCUT2D eigenvalue weighted by Gasteiger charge is 2.21. The monoisotopic (exact) mass is 259 g/mol. The quantitative estimate of drug-likeness (QED) is 0.901. The second kappa shape index (κ2) is 4.68. The van der Waals surface area contributed by atoms with Crippen molar-refractivity contribution in [3.05, 3.63) is 35.3 Å². The Morgan fingerprint density at radius 3 is 2.68 bits per heavy atom. The SMILES string of the molecule is Cc1cc(C)n2ccnc2c1CNC(=O)C(C)(C)C. The molecule has 1 N–H and O–H groups in total. The number of nitrogens with zero attached hydrogens (tertiary/aromatic N) is 2. The number of imidazole rings is 1. The topological polar surface area (TPSA) is 46.4 Å². The van der Waals surface area contributed by atoms with Crippen LogP contribution in [0.15, 0.2) is 18.5 Å². The molecular formula is C15H21N3O. The summed E-state index contributed by atoms with van der Waals surface area (Å²) in [5, 5.41) is 2.99. The fraction of sp³-hybridized carbons (Fsp3) is 0.467. The van der Waals surface area contributed by atoms with E-state index < -0.39 is 0 Å². The van der Waals surface area contributed by atoms with E-state index in [9.17, 15) is 4.79 Å². The summed E-state index contributed by atoms with van der Waals surface area (Å²) >= 11 is 0. The van der Waals surface area contributed by atoms with Crippen molar-refractivity contribution < 1.29 is 4.79 Å². The molecule has 2 rings (SSSR count). The van der Waals surface area contributed by atoms with Gasteiger partial charge in [0.1, 0.15) is 5.65 Å². The molecule has 2 heterocycles. The van der Waals surface area contributed by atoms with Gasteiger partial charge in [-0.2, -0.15) is 0 Å². The van der Waals surface area contributed by atoms with Crippen LogP contribution < -0.4 is 5.32 Å². The average Bonchev–Trinajstić information content (AvgIpc) is 2.76. The fourth-order valence-electron chi connectivity index (χ4n) is 2.11. The van der Waals surface area contributed by atoms with E-state index in [1.807, 2.05) is 31.4 Å². The number of pyridine rings is 1. The van der Waals surface area contributed by atoms with E-state index in [1.165, 1.54) is 0 Å². The first-order valence-corrected chi connectivity index (χ1v) is 6.51. The smallest absolute Gasteiger partial charge is 0.225 e. The summed E-state index contributed by atoms with van der Waals surface area (Å²) in [4.78, 5) is 16.3. The molecule has 0 aliphatic rings. The number of hydrogen-bond donors (Lipinski definition) is 1. The average molecular weight is 259 g/mol. The van der Waals surface area contributed by atoms with Gasteiger partial charge in [0.15, 0.2) is 0 Å². The summed E-state index contributed by atoms with van der Waals surface area (Å²) in [5.74, 6) is 0.0529. The highest BCUT2D eigenvalue weighted by molar-refractivity contribution is 5.81. The second-order valence-electron chi connectivity index (χ2n) is 6.00. The van der Waals surface area contributed by atoms with Crippen LogP contribution in [-0.2, 0) is 11.3 Å². The van der Waals surface area contributed by atoms with Gasteiger partial charge >= 0.3 is 0 Å². The van der Waals surface area contributed by atoms with Crippen LogP contribution in [0.25, 0.3) is 5.65 Å². The zero-order valence-electron chi connectivity index (χ0n) is 12.2. The maximum absolute atomic E-state index is 12.0. The van der Waals surface area contributed by atoms with Gasteiger partial charge in [-0.15, -0.1) is 0 Å². The zero-order valence-corrected chi connectivity index (χ0v) is 12.2. The standard InChI is InChI=1S/C15H21N3O/c1-10-8-11(2)18-7-6-16-13(18)12(10)9-17-14(19)15(3,4)5/h6-8H,9H2,1-5H3,(H,17,19). The van der Waals surface area contributed by atoms with E-state index in [-0.39, 0.29) is 11.3 Å². The zero-order chi connectivity index (χ0) is 14.2. The third-order valence-electron chi connectivity index (χ3n) is 3.30. The van der Waals surface area contributed by atoms with Crippen molar-refractivity contribution in [3.8, 4) is 0 Å². The molecule has 0 aromatic carbocycles. The molecule has 19 heavy (non-hydrogen) atoms. The Hall–Kier alpha value is -1.84. The van der Waals surface area contributed by atoms with E-state index >= 15 is 0 Å². The molecular weight excluding hydrogens is 238 g/mol. The molecule has 4 nitrogen and oxygen atoms in total. The number of rotatable bonds is 2. The van der Waals surface area contributed by atoms with Gasteiger partial charge in [-0.05, 0) is 25.5 Å². The lowest BCUT2D eigenvalue weighted by Gasteiger charge is -2.18. The van der Waals surface area contributed by atoms with Crippen molar-refractivity contribution >= 4 is 11.6 Å². The molecule has 0 saturated heterocycles. The van der Waals surface area contributed by atoms with Crippen molar-refractivity contribution in [3.63, 3.8) is 0 Å². The Morgan fingerprint density at radius 2 is 2.05 bits per heavy atom. The van der Waals surface area contributed by atoms with Crippen molar-refractivity contribution in [2.24, 2.45) is 5.41 Å². The molecule has 0 bridgehead atoms. The normalized spacial score (nSPS) is 11.8. The maximum Gasteiger partial charge on any atom is 0.225 e. The van der Waals surface area contributed by atoms with Crippen LogP contribution in [0.5, 0.6) is 0 Å². The Balaban J connectivity index is 2.31. The molecule has 2 aromatic rings. The first kappa shape index (κ1) is 13.6. The van der Waals surface area contributed by atoms with Crippen molar-refractivity contribution in [2.75, 3.05) is 0 Å². The minimum absolute atomic E-state index is 0.0529. The van der Waals surface area contributed by atoms with Crippen LogP contribution in [0, 0.1) is 19.3 Å². The number of carbonyl (C=O) groups excluding carboxylic acids is 1. The van der Waals surface area contributed by atoms with Gasteiger partial charge in [0.25, 0.3) is 0 Å². The van der Waals surface area contributed by atoms with Gasteiger partial charge in [0, 0.05) is 35.6 Å². The Kier molecular flexibility index (Phi) is 3.35. The van der Waals surface area contributed by atoms with Crippen LogP contribution in [-0.4, -0.2) is 15.3 Å². The van der Waals surface area contributed by atoms with Gasteiger partial charge in [0.2, 0.25) is 5.91 Å². The van der Waals surface area contributed by atoms with Gasteiger partial charge in [0.05, 0.1) is 0 Å². The molecule has 4 heteroatoms. The predicted molar refractivity (Wildman–Crippen MR) is 76.0 cm³/mol. The molecule has 0 aliphatic carbocycles. The summed E-state index contributed by atoms with van der Waals surface area (Å²) in [5.41, 5.74) is 3.94. The van der Waals surface area contributed by atoms with Crippen LogP contribution >= 0.6 is 0 Å². The van der Waals surface area contributed by atoms with Gasteiger partial charge < -0.3 is 9.72 Å². The summed E-state index contributed by atoms with van der Waals surface area (Å²) in [7, 11) is 0. The third kappa shape index (κ3) is 2.62. The summed E-state index contributed by atoms with van der Waals surface area (Å²) in [6.45, 7) is 10.4. The molecule has 0 aliphatic heterocycles. The molecule has 102 valence electrons. The number of fused-ring (bicyclic) bond motifs is 1. The van der Waals surface area contributed by atoms with Crippen LogP contribution in [0.2, 0.25) is 0 Å². The largest absolute Gasteiger partial charge is 0.351 e. The summed E-state index contributed by atoms with van der Waals surface area (Å²) < 4.78 is 2.05. The number of nitrogens with one attached hydrogen (secondary N) is 1. The molecule has 0 unspecified atom stereocenters. The molecule has 1 amide bonds. The van der Waals surface area contributed by atoms with Gasteiger partial charge in [-0.1, -0.05) is 20.8 Å². The lowest BCUT2D eigenvalue weighted by atomic mass is 9.95. The van der Waals surface area contributed by atoms with E-state index in [2.05, 4.69) is 30.2 Å². The fourth-order valence-corrected chi connectivity index (χ4v) is 2.11. The molecule has 0 fully saturated rings. The van der Waals surface area contributed by atoms with E-state index in [0.29, 0.717) is 6.54 Å². The molecule has 0 spiro atoms. The highest BCUT2D eigenvalue weighted by atomic mass is 16.2. The Morgan fingerprint density at radius 1 is 1.37 bits per heavy atom. The Labute approximate surface area is 113 Å². The minimum atomic E-state index is -0.371. The molecule has 0 radical (unpaired) electrons. The lowest BCUT2D eigenvalue weighted by Crippen LogP contribution is -2.34.